The Bertz CT molecular complexity index is 475. The van der Waals surface area contributed by atoms with Crippen molar-refractivity contribution < 1.29 is 46.1 Å². The molecule has 2 atom stereocenters. The van der Waals surface area contributed by atoms with Gasteiger partial charge in [0.05, 0.1) is 0 Å². The van der Waals surface area contributed by atoms with E-state index in [0.29, 0.717) is 19.9 Å². The standard InChI is InChI=1S/C12H15F5O5/c1-5-7(18)20-6-9(4)21-8(2,3)10(13,14)11(19,22-9)12(15,16)17/h5,19H,1,6H2,2-4H3. The molecule has 1 saturated heterocycles. The lowest BCUT2D eigenvalue weighted by molar-refractivity contribution is -0.542. The van der Waals surface area contributed by atoms with Gasteiger partial charge in [0.15, 0.2) is 0 Å². The average Bonchev–Trinajstić information content (AvgIpc) is 2.32. The second-order valence-corrected chi connectivity index (χ2v) is 5.38. The number of esters is 1. The van der Waals surface area contributed by atoms with Gasteiger partial charge in [-0.2, -0.15) is 22.0 Å². The third-order valence-electron chi connectivity index (χ3n) is 3.04. The Morgan fingerprint density at radius 2 is 1.77 bits per heavy atom. The number of hydrogen-bond donors (Lipinski definition) is 1. The number of halogens is 5. The van der Waals surface area contributed by atoms with Crippen LogP contribution in [0, 0.1) is 0 Å². The van der Waals surface area contributed by atoms with E-state index in [-0.39, 0.29) is 0 Å². The zero-order valence-electron chi connectivity index (χ0n) is 12.0. The van der Waals surface area contributed by atoms with E-state index < -0.39 is 41.9 Å². The molecule has 1 aliphatic rings. The van der Waals surface area contributed by atoms with Gasteiger partial charge in [0.2, 0.25) is 5.79 Å². The molecule has 0 radical (unpaired) electrons. The summed E-state index contributed by atoms with van der Waals surface area (Å²) >= 11 is 0. The second-order valence-electron chi connectivity index (χ2n) is 5.38. The van der Waals surface area contributed by atoms with Crippen molar-refractivity contribution in [1.82, 2.24) is 0 Å². The van der Waals surface area contributed by atoms with E-state index >= 15 is 0 Å². The van der Waals surface area contributed by atoms with E-state index in [9.17, 15) is 31.9 Å². The maximum absolute atomic E-state index is 14.0. The van der Waals surface area contributed by atoms with E-state index in [1.165, 1.54) is 0 Å². The summed E-state index contributed by atoms with van der Waals surface area (Å²) in [6.07, 6.45) is -5.11. The first kappa shape index (κ1) is 18.8. The van der Waals surface area contributed by atoms with Crippen LogP contribution in [0.3, 0.4) is 0 Å². The topological polar surface area (TPSA) is 65.0 Å². The molecule has 0 aromatic heterocycles. The van der Waals surface area contributed by atoms with Crippen LogP contribution < -0.4 is 0 Å². The minimum Gasteiger partial charge on any atom is -0.457 e. The maximum Gasteiger partial charge on any atom is 0.449 e. The molecule has 5 nitrogen and oxygen atoms in total. The van der Waals surface area contributed by atoms with E-state index in [1.807, 2.05) is 0 Å². The van der Waals surface area contributed by atoms with Gasteiger partial charge >= 0.3 is 23.9 Å². The number of rotatable bonds is 3. The Morgan fingerprint density at radius 3 is 2.18 bits per heavy atom. The lowest BCUT2D eigenvalue weighted by Crippen LogP contribution is -2.76. The third kappa shape index (κ3) is 2.82. The molecule has 10 heteroatoms. The predicted molar refractivity (Wildman–Crippen MR) is 61.8 cm³/mol. The first-order valence-corrected chi connectivity index (χ1v) is 5.98. The summed E-state index contributed by atoms with van der Waals surface area (Å²) in [5, 5.41) is 9.49. The Hall–Kier alpha value is -1.26. The number of ether oxygens (including phenoxy) is 3. The second kappa shape index (κ2) is 5.14. The number of alkyl halides is 5. The molecule has 0 aromatic carbocycles. The fourth-order valence-corrected chi connectivity index (χ4v) is 1.97. The van der Waals surface area contributed by atoms with E-state index in [4.69, 9.17) is 4.74 Å². The molecule has 1 rings (SSSR count). The predicted octanol–water partition coefficient (Wildman–Crippen LogP) is 2.14. The fraction of sp³-hybridized carbons (Fsp3) is 0.750. The zero-order chi connectivity index (χ0) is 17.6. The van der Waals surface area contributed by atoms with E-state index in [2.05, 4.69) is 16.1 Å². The summed E-state index contributed by atoms with van der Waals surface area (Å²) in [6, 6.07) is 0. The molecule has 0 aliphatic carbocycles. The summed E-state index contributed by atoms with van der Waals surface area (Å²) in [6.45, 7) is 4.23. The molecule has 0 spiro atoms. The Morgan fingerprint density at radius 1 is 1.27 bits per heavy atom. The van der Waals surface area contributed by atoms with Gasteiger partial charge in [0, 0.05) is 6.08 Å². The van der Waals surface area contributed by atoms with Gasteiger partial charge in [0.25, 0.3) is 0 Å². The average molecular weight is 334 g/mol. The lowest BCUT2D eigenvalue weighted by Gasteiger charge is -2.54. The van der Waals surface area contributed by atoms with Crippen LogP contribution in [0.25, 0.3) is 0 Å². The minimum atomic E-state index is -5.82. The van der Waals surface area contributed by atoms with Gasteiger partial charge in [-0.1, -0.05) is 6.58 Å². The van der Waals surface area contributed by atoms with Gasteiger partial charge in [-0.05, 0) is 20.8 Å². The van der Waals surface area contributed by atoms with Crippen LogP contribution in [-0.4, -0.2) is 47.0 Å². The Kier molecular flexibility index (Phi) is 4.39. The van der Waals surface area contributed by atoms with Crippen molar-refractivity contribution in [2.45, 2.75) is 50.0 Å². The Labute approximate surface area is 122 Å². The summed E-state index contributed by atoms with van der Waals surface area (Å²) in [5.74, 6) is -13.1. The molecule has 1 aliphatic heterocycles. The van der Waals surface area contributed by atoms with Gasteiger partial charge in [-0.3, -0.25) is 0 Å². The van der Waals surface area contributed by atoms with Crippen molar-refractivity contribution >= 4 is 5.97 Å². The third-order valence-corrected chi connectivity index (χ3v) is 3.04. The number of carbonyl (C=O) groups excluding carboxylic acids is 1. The molecule has 1 heterocycles. The highest BCUT2D eigenvalue weighted by atomic mass is 19.4. The highest BCUT2D eigenvalue weighted by Crippen LogP contribution is 2.55. The SMILES string of the molecule is C=CC(=O)OCC1(C)OC(C)(C)C(F)(F)C(O)(C(F)(F)F)O1. The van der Waals surface area contributed by atoms with E-state index in [1.54, 1.807) is 0 Å². The van der Waals surface area contributed by atoms with Crippen molar-refractivity contribution in [2.75, 3.05) is 6.61 Å². The van der Waals surface area contributed by atoms with Crippen molar-refractivity contribution in [1.29, 1.82) is 0 Å². The molecule has 2 unspecified atom stereocenters. The first-order chi connectivity index (χ1) is 9.62. The first-order valence-electron chi connectivity index (χ1n) is 5.98. The molecule has 0 bridgehead atoms. The van der Waals surface area contributed by atoms with Crippen LogP contribution in [-0.2, 0) is 19.0 Å². The van der Waals surface area contributed by atoms with Crippen molar-refractivity contribution in [3.8, 4) is 0 Å². The summed E-state index contributed by atoms with van der Waals surface area (Å²) < 4.78 is 80.2. The minimum absolute atomic E-state index is 0.653. The van der Waals surface area contributed by atoms with Crippen LogP contribution in [0.4, 0.5) is 22.0 Å². The molecular formula is C12H15F5O5. The smallest absolute Gasteiger partial charge is 0.449 e. The normalized spacial score (nSPS) is 34.0. The van der Waals surface area contributed by atoms with Crippen molar-refractivity contribution in [3.05, 3.63) is 12.7 Å². The van der Waals surface area contributed by atoms with Crippen LogP contribution >= 0.6 is 0 Å². The summed E-state index contributed by atoms with van der Waals surface area (Å²) in [4.78, 5) is 11.0. The number of aliphatic hydroxyl groups is 1. The molecule has 0 aromatic rings. The van der Waals surface area contributed by atoms with Crippen LogP contribution in [0.1, 0.15) is 20.8 Å². The maximum atomic E-state index is 14.0. The number of carbonyl (C=O) groups is 1. The molecule has 1 N–H and O–H groups in total. The van der Waals surface area contributed by atoms with Crippen LogP contribution in [0.2, 0.25) is 0 Å². The molecule has 128 valence electrons. The van der Waals surface area contributed by atoms with Crippen molar-refractivity contribution in [3.63, 3.8) is 0 Å². The molecule has 1 fully saturated rings. The van der Waals surface area contributed by atoms with Gasteiger partial charge < -0.3 is 19.3 Å². The van der Waals surface area contributed by atoms with Crippen LogP contribution in [0.15, 0.2) is 12.7 Å². The summed E-state index contributed by atoms with van der Waals surface area (Å²) in [5.41, 5.74) is -2.76. The zero-order valence-corrected chi connectivity index (χ0v) is 12.0. The quantitative estimate of drug-likeness (QED) is 0.487. The molecule has 22 heavy (non-hydrogen) atoms. The highest BCUT2D eigenvalue weighted by molar-refractivity contribution is 5.81. The van der Waals surface area contributed by atoms with Gasteiger partial charge in [-0.15, -0.1) is 0 Å². The molecule has 0 amide bonds. The van der Waals surface area contributed by atoms with E-state index in [0.717, 1.165) is 6.92 Å². The highest BCUT2D eigenvalue weighted by Gasteiger charge is 2.81. The molecular weight excluding hydrogens is 319 g/mol. The van der Waals surface area contributed by atoms with Crippen LogP contribution in [0.5, 0.6) is 0 Å². The fourth-order valence-electron chi connectivity index (χ4n) is 1.97. The lowest BCUT2D eigenvalue weighted by atomic mass is 9.89. The monoisotopic (exact) mass is 334 g/mol. The largest absolute Gasteiger partial charge is 0.457 e. The Balaban J connectivity index is 3.23. The van der Waals surface area contributed by atoms with Crippen molar-refractivity contribution in [2.24, 2.45) is 0 Å². The van der Waals surface area contributed by atoms with Gasteiger partial charge in [-0.25, -0.2) is 4.79 Å². The summed E-state index contributed by atoms with van der Waals surface area (Å²) in [7, 11) is 0. The number of hydrogen-bond acceptors (Lipinski definition) is 5. The van der Waals surface area contributed by atoms with Gasteiger partial charge in [0.1, 0.15) is 12.2 Å². The molecule has 0 saturated carbocycles.